The van der Waals surface area contributed by atoms with Crippen molar-refractivity contribution in [2.75, 3.05) is 12.4 Å². The summed E-state index contributed by atoms with van der Waals surface area (Å²) in [5, 5.41) is 1.06. The van der Waals surface area contributed by atoms with Crippen molar-refractivity contribution in [2.45, 2.75) is 26.2 Å². The number of methoxy groups -OCH3 is 1. The normalized spacial score (nSPS) is 12.9. The van der Waals surface area contributed by atoms with E-state index in [2.05, 4.69) is 41.9 Å². The fourth-order valence-electron chi connectivity index (χ4n) is 1.85. The van der Waals surface area contributed by atoms with Gasteiger partial charge in [-0.3, -0.25) is 0 Å². The van der Waals surface area contributed by atoms with Gasteiger partial charge in [0, 0.05) is 5.33 Å². The van der Waals surface area contributed by atoms with Gasteiger partial charge >= 0.3 is 0 Å². The maximum Gasteiger partial charge on any atom is 0.118 e. The summed E-state index contributed by atoms with van der Waals surface area (Å²) in [4.78, 5) is 0. The van der Waals surface area contributed by atoms with E-state index in [1.165, 1.54) is 12.0 Å². The Labute approximate surface area is 101 Å². The summed E-state index contributed by atoms with van der Waals surface area (Å²) in [6.07, 6.45) is 1.18. The topological polar surface area (TPSA) is 9.23 Å². The Balaban J connectivity index is 2.81. The lowest BCUT2D eigenvalue weighted by atomic mass is 9.86. The minimum absolute atomic E-state index is 0.635. The van der Waals surface area contributed by atoms with Gasteiger partial charge in [0.1, 0.15) is 5.75 Å². The van der Waals surface area contributed by atoms with Gasteiger partial charge in [0.25, 0.3) is 0 Å². The molecule has 0 heterocycles. The second kappa shape index (κ2) is 6.16. The number of ether oxygens (including phenoxy) is 1. The average molecular weight is 271 g/mol. The highest BCUT2D eigenvalue weighted by Gasteiger charge is 2.14. The molecular formula is C13H19BrO. The van der Waals surface area contributed by atoms with Crippen LogP contribution in [0.3, 0.4) is 0 Å². The average Bonchev–Trinajstić information content (AvgIpc) is 2.26. The minimum Gasteiger partial charge on any atom is -0.497 e. The third-order valence-corrected chi connectivity index (χ3v) is 3.23. The lowest BCUT2D eigenvalue weighted by molar-refractivity contribution is 0.414. The lowest BCUT2D eigenvalue weighted by Crippen LogP contribution is -2.07. The molecule has 1 aromatic rings. The van der Waals surface area contributed by atoms with Crippen molar-refractivity contribution >= 4 is 15.9 Å². The second-order valence-electron chi connectivity index (χ2n) is 4.10. The molecule has 2 heteroatoms. The molecule has 0 aliphatic rings. The summed E-state index contributed by atoms with van der Waals surface area (Å²) in [5.74, 6) is 2.24. The summed E-state index contributed by atoms with van der Waals surface area (Å²) in [6.45, 7) is 4.55. The van der Waals surface area contributed by atoms with Gasteiger partial charge in [-0.05, 0) is 36.0 Å². The van der Waals surface area contributed by atoms with E-state index in [-0.39, 0.29) is 0 Å². The van der Waals surface area contributed by atoms with Gasteiger partial charge in [-0.15, -0.1) is 0 Å². The van der Waals surface area contributed by atoms with Crippen molar-refractivity contribution < 1.29 is 4.74 Å². The Kier molecular flexibility index (Phi) is 5.16. The van der Waals surface area contributed by atoms with E-state index >= 15 is 0 Å². The zero-order valence-corrected chi connectivity index (χ0v) is 11.3. The van der Waals surface area contributed by atoms with E-state index in [1.807, 2.05) is 12.1 Å². The molecule has 0 N–H and O–H groups in total. The molecule has 0 radical (unpaired) electrons. The maximum absolute atomic E-state index is 5.16. The van der Waals surface area contributed by atoms with Crippen LogP contribution in [0.15, 0.2) is 24.3 Å². The van der Waals surface area contributed by atoms with E-state index in [0.717, 1.165) is 11.1 Å². The quantitative estimate of drug-likeness (QED) is 0.728. The molecule has 0 saturated heterocycles. The Morgan fingerprint density at radius 3 is 2.20 bits per heavy atom. The summed E-state index contributed by atoms with van der Waals surface area (Å²) in [6, 6.07) is 8.43. The SMILES string of the molecule is COc1ccc(C(CCBr)C(C)C)cc1. The number of hydrogen-bond donors (Lipinski definition) is 0. The van der Waals surface area contributed by atoms with Gasteiger partial charge in [-0.2, -0.15) is 0 Å². The maximum atomic E-state index is 5.16. The van der Waals surface area contributed by atoms with Crippen LogP contribution in [0.4, 0.5) is 0 Å². The number of benzene rings is 1. The van der Waals surface area contributed by atoms with E-state index in [0.29, 0.717) is 11.8 Å². The second-order valence-corrected chi connectivity index (χ2v) is 4.89. The monoisotopic (exact) mass is 270 g/mol. The number of hydrogen-bond acceptors (Lipinski definition) is 1. The number of rotatable bonds is 5. The zero-order chi connectivity index (χ0) is 11.3. The highest BCUT2D eigenvalue weighted by molar-refractivity contribution is 9.09. The lowest BCUT2D eigenvalue weighted by Gasteiger charge is -2.20. The first-order valence-corrected chi connectivity index (χ1v) is 6.51. The Morgan fingerprint density at radius 1 is 1.20 bits per heavy atom. The van der Waals surface area contributed by atoms with Crippen molar-refractivity contribution in [3.63, 3.8) is 0 Å². The molecule has 0 fully saturated rings. The summed E-state index contributed by atoms with van der Waals surface area (Å²) in [7, 11) is 1.70. The number of alkyl halides is 1. The van der Waals surface area contributed by atoms with Crippen molar-refractivity contribution in [2.24, 2.45) is 5.92 Å². The van der Waals surface area contributed by atoms with Crippen LogP contribution in [-0.4, -0.2) is 12.4 Å². The molecule has 15 heavy (non-hydrogen) atoms. The fourth-order valence-corrected chi connectivity index (χ4v) is 2.35. The summed E-state index contributed by atoms with van der Waals surface area (Å²) >= 11 is 3.52. The first-order chi connectivity index (χ1) is 7.19. The number of halogens is 1. The smallest absolute Gasteiger partial charge is 0.118 e. The fraction of sp³-hybridized carbons (Fsp3) is 0.538. The molecule has 0 aliphatic carbocycles. The molecule has 1 nitrogen and oxygen atoms in total. The van der Waals surface area contributed by atoms with Crippen LogP contribution in [-0.2, 0) is 0 Å². The van der Waals surface area contributed by atoms with Crippen LogP contribution in [0, 0.1) is 5.92 Å². The molecule has 0 spiro atoms. The molecule has 0 aromatic heterocycles. The molecular weight excluding hydrogens is 252 g/mol. The van der Waals surface area contributed by atoms with Crippen molar-refractivity contribution in [3.05, 3.63) is 29.8 Å². The van der Waals surface area contributed by atoms with Crippen LogP contribution >= 0.6 is 15.9 Å². The van der Waals surface area contributed by atoms with Crippen LogP contribution in [0.5, 0.6) is 5.75 Å². The van der Waals surface area contributed by atoms with Crippen molar-refractivity contribution in [1.29, 1.82) is 0 Å². The van der Waals surface area contributed by atoms with Gasteiger partial charge < -0.3 is 4.74 Å². The predicted octanol–water partition coefficient (Wildman–Crippen LogP) is 4.22. The Bertz CT molecular complexity index is 279. The van der Waals surface area contributed by atoms with Gasteiger partial charge in [-0.1, -0.05) is 41.9 Å². The molecule has 0 saturated carbocycles. The summed E-state index contributed by atoms with van der Waals surface area (Å²) in [5.41, 5.74) is 1.41. The van der Waals surface area contributed by atoms with E-state index < -0.39 is 0 Å². The Hall–Kier alpha value is -0.500. The van der Waals surface area contributed by atoms with Gasteiger partial charge in [0.15, 0.2) is 0 Å². The largest absolute Gasteiger partial charge is 0.497 e. The van der Waals surface area contributed by atoms with Crippen LogP contribution in [0.1, 0.15) is 31.7 Å². The zero-order valence-electron chi connectivity index (χ0n) is 9.66. The standard InChI is InChI=1S/C13H19BrO/c1-10(2)13(8-9-14)11-4-6-12(15-3)7-5-11/h4-7,10,13H,8-9H2,1-3H3. The molecule has 1 atom stereocenters. The van der Waals surface area contributed by atoms with Crippen molar-refractivity contribution in [1.82, 2.24) is 0 Å². The predicted molar refractivity (Wildman–Crippen MR) is 69.0 cm³/mol. The van der Waals surface area contributed by atoms with Gasteiger partial charge in [0.05, 0.1) is 7.11 Å². The molecule has 0 amide bonds. The van der Waals surface area contributed by atoms with E-state index in [1.54, 1.807) is 7.11 Å². The first-order valence-electron chi connectivity index (χ1n) is 5.39. The van der Waals surface area contributed by atoms with Gasteiger partial charge in [-0.25, -0.2) is 0 Å². The third kappa shape index (κ3) is 3.53. The van der Waals surface area contributed by atoms with Crippen LogP contribution in [0.25, 0.3) is 0 Å². The Morgan fingerprint density at radius 2 is 1.80 bits per heavy atom. The third-order valence-electron chi connectivity index (χ3n) is 2.77. The molecule has 0 aliphatic heterocycles. The highest BCUT2D eigenvalue weighted by Crippen LogP contribution is 2.29. The van der Waals surface area contributed by atoms with Crippen LogP contribution < -0.4 is 4.74 Å². The first kappa shape index (κ1) is 12.6. The molecule has 1 unspecified atom stereocenters. The molecule has 1 aromatic carbocycles. The molecule has 0 bridgehead atoms. The highest BCUT2D eigenvalue weighted by atomic mass is 79.9. The van der Waals surface area contributed by atoms with Gasteiger partial charge in [0.2, 0.25) is 0 Å². The van der Waals surface area contributed by atoms with E-state index in [4.69, 9.17) is 4.74 Å². The molecule has 84 valence electrons. The summed E-state index contributed by atoms with van der Waals surface area (Å²) < 4.78 is 5.16. The molecule has 1 rings (SSSR count). The van der Waals surface area contributed by atoms with Crippen molar-refractivity contribution in [3.8, 4) is 5.75 Å². The van der Waals surface area contributed by atoms with E-state index in [9.17, 15) is 0 Å². The minimum atomic E-state index is 0.635. The van der Waals surface area contributed by atoms with Crippen LogP contribution in [0.2, 0.25) is 0 Å².